The zero-order chi connectivity index (χ0) is 11.4. The van der Waals surface area contributed by atoms with E-state index in [2.05, 4.69) is 4.90 Å². The second-order valence-electron chi connectivity index (χ2n) is 4.33. The van der Waals surface area contributed by atoms with Crippen molar-refractivity contribution >= 4 is 18.3 Å². The standard InChI is InChI=1S/C10H21N3O2.ClH/c1-8(11)10(14)13-4-5-15-9(7-13)6-12(2)3;/h8-9H,4-7,11H2,1-3H3;1H/t8-,9?;/m1./s1. The Kier molecular flexibility index (Phi) is 6.90. The van der Waals surface area contributed by atoms with Crippen LogP contribution in [0.1, 0.15) is 6.92 Å². The molecule has 0 aliphatic carbocycles. The van der Waals surface area contributed by atoms with Gasteiger partial charge in [-0.1, -0.05) is 0 Å². The Balaban J connectivity index is 0.00000225. The molecule has 1 rings (SSSR count). The predicted octanol–water partition coefficient (Wildman–Crippen LogP) is -0.456. The van der Waals surface area contributed by atoms with Crippen LogP contribution in [0.25, 0.3) is 0 Å². The Bertz CT molecular complexity index is 224. The zero-order valence-corrected chi connectivity index (χ0v) is 11.0. The van der Waals surface area contributed by atoms with Crippen LogP contribution in [0, 0.1) is 0 Å². The van der Waals surface area contributed by atoms with Crippen molar-refractivity contribution in [2.45, 2.75) is 19.1 Å². The molecule has 0 bridgehead atoms. The minimum absolute atomic E-state index is 0. The number of hydrogen-bond donors (Lipinski definition) is 1. The fourth-order valence-electron chi connectivity index (χ4n) is 1.73. The largest absolute Gasteiger partial charge is 0.373 e. The summed E-state index contributed by atoms with van der Waals surface area (Å²) in [5.41, 5.74) is 5.57. The van der Waals surface area contributed by atoms with Gasteiger partial charge in [-0.15, -0.1) is 12.4 Å². The highest BCUT2D eigenvalue weighted by Crippen LogP contribution is 2.07. The summed E-state index contributed by atoms with van der Waals surface area (Å²) in [5.74, 6) is 0.0158. The van der Waals surface area contributed by atoms with Gasteiger partial charge in [0.25, 0.3) is 0 Å². The van der Waals surface area contributed by atoms with Crippen LogP contribution in [0.3, 0.4) is 0 Å². The van der Waals surface area contributed by atoms with Crippen molar-refractivity contribution in [1.82, 2.24) is 9.80 Å². The molecule has 1 heterocycles. The number of halogens is 1. The first-order chi connectivity index (χ1) is 7.00. The van der Waals surface area contributed by atoms with E-state index in [0.29, 0.717) is 19.7 Å². The smallest absolute Gasteiger partial charge is 0.239 e. The number of carbonyl (C=O) groups is 1. The molecule has 0 aromatic carbocycles. The fourth-order valence-corrected chi connectivity index (χ4v) is 1.73. The van der Waals surface area contributed by atoms with E-state index in [-0.39, 0.29) is 24.4 Å². The lowest BCUT2D eigenvalue weighted by Gasteiger charge is -2.35. The highest BCUT2D eigenvalue weighted by Gasteiger charge is 2.25. The van der Waals surface area contributed by atoms with E-state index in [0.717, 1.165) is 6.54 Å². The van der Waals surface area contributed by atoms with Crippen molar-refractivity contribution in [1.29, 1.82) is 0 Å². The Morgan fingerprint density at radius 2 is 2.25 bits per heavy atom. The van der Waals surface area contributed by atoms with E-state index in [4.69, 9.17) is 10.5 Å². The van der Waals surface area contributed by atoms with Crippen LogP contribution in [0.5, 0.6) is 0 Å². The van der Waals surface area contributed by atoms with Gasteiger partial charge in [0.2, 0.25) is 5.91 Å². The molecule has 5 nitrogen and oxygen atoms in total. The molecular weight excluding hydrogens is 230 g/mol. The monoisotopic (exact) mass is 251 g/mol. The number of hydrogen-bond acceptors (Lipinski definition) is 4. The van der Waals surface area contributed by atoms with Gasteiger partial charge in [0, 0.05) is 19.6 Å². The van der Waals surface area contributed by atoms with Crippen molar-refractivity contribution < 1.29 is 9.53 Å². The summed E-state index contributed by atoms with van der Waals surface area (Å²) in [6.45, 7) is 4.47. The molecule has 6 heteroatoms. The summed E-state index contributed by atoms with van der Waals surface area (Å²) >= 11 is 0. The first-order valence-corrected chi connectivity index (χ1v) is 5.31. The van der Waals surface area contributed by atoms with Gasteiger partial charge in [-0.25, -0.2) is 0 Å². The lowest BCUT2D eigenvalue weighted by molar-refractivity contribution is -0.140. The molecule has 0 radical (unpaired) electrons. The Hall–Kier alpha value is -0.360. The number of nitrogens with zero attached hydrogens (tertiary/aromatic N) is 2. The third-order valence-corrected chi connectivity index (χ3v) is 2.41. The molecule has 1 unspecified atom stereocenters. The normalized spacial score (nSPS) is 22.8. The molecule has 0 saturated carbocycles. The highest BCUT2D eigenvalue weighted by molar-refractivity contribution is 5.85. The van der Waals surface area contributed by atoms with Crippen molar-refractivity contribution in [2.24, 2.45) is 5.73 Å². The molecule has 16 heavy (non-hydrogen) atoms. The minimum Gasteiger partial charge on any atom is -0.373 e. The topological polar surface area (TPSA) is 58.8 Å². The van der Waals surface area contributed by atoms with Gasteiger partial charge in [0.1, 0.15) is 0 Å². The number of carbonyl (C=O) groups excluding carboxylic acids is 1. The SMILES string of the molecule is C[C@@H](N)C(=O)N1CCOC(CN(C)C)C1.Cl. The summed E-state index contributed by atoms with van der Waals surface area (Å²) in [5, 5.41) is 0. The Morgan fingerprint density at radius 3 is 2.75 bits per heavy atom. The number of rotatable bonds is 3. The van der Waals surface area contributed by atoms with Crippen molar-refractivity contribution in [2.75, 3.05) is 40.3 Å². The van der Waals surface area contributed by atoms with Crippen LogP contribution in [0.4, 0.5) is 0 Å². The molecule has 1 amide bonds. The van der Waals surface area contributed by atoms with Crippen LogP contribution in [-0.4, -0.2) is 68.2 Å². The van der Waals surface area contributed by atoms with Gasteiger partial charge in [0.15, 0.2) is 0 Å². The molecule has 1 aliphatic rings. The molecule has 2 atom stereocenters. The maximum absolute atomic E-state index is 11.7. The van der Waals surface area contributed by atoms with E-state index < -0.39 is 6.04 Å². The van der Waals surface area contributed by atoms with Crippen LogP contribution in [0.15, 0.2) is 0 Å². The van der Waals surface area contributed by atoms with Crippen molar-refractivity contribution in [3.05, 3.63) is 0 Å². The van der Waals surface area contributed by atoms with Crippen LogP contribution >= 0.6 is 12.4 Å². The number of morpholine rings is 1. The molecule has 0 spiro atoms. The quantitative estimate of drug-likeness (QED) is 0.738. The lowest BCUT2D eigenvalue weighted by atomic mass is 10.2. The van der Waals surface area contributed by atoms with Gasteiger partial charge in [0.05, 0.1) is 18.8 Å². The van der Waals surface area contributed by atoms with E-state index in [1.54, 1.807) is 11.8 Å². The van der Waals surface area contributed by atoms with Crippen molar-refractivity contribution in [3.8, 4) is 0 Å². The van der Waals surface area contributed by atoms with Crippen LogP contribution in [0.2, 0.25) is 0 Å². The first-order valence-electron chi connectivity index (χ1n) is 5.31. The lowest BCUT2D eigenvalue weighted by Crippen LogP contribution is -2.52. The van der Waals surface area contributed by atoms with E-state index in [1.807, 2.05) is 14.1 Å². The Morgan fingerprint density at radius 1 is 1.62 bits per heavy atom. The molecule has 1 saturated heterocycles. The molecule has 0 aromatic heterocycles. The third kappa shape index (κ3) is 4.65. The molecule has 2 N–H and O–H groups in total. The summed E-state index contributed by atoms with van der Waals surface area (Å²) in [7, 11) is 3.99. The third-order valence-electron chi connectivity index (χ3n) is 2.41. The molecule has 1 aliphatic heterocycles. The minimum atomic E-state index is -0.414. The molecule has 0 aromatic rings. The van der Waals surface area contributed by atoms with Gasteiger partial charge in [-0.2, -0.15) is 0 Å². The maximum Gasteiger partial charge on any atom is 0.239 e. The van der Waals surface area contributed by atoms with Crippen molar-refractivity contribution in [3.63, 3.8) is 0 Å². The summed E-state index contributed by atoms with van der Waals surface area (Å²) in [6, 6.07) is -0.414. The second kappa shape index (κ2) is 7.06. The summed E-state index contributed by atoms with van der Waals surface area (Å²) in [6.07, 6.45) is 0.108. The molecular formula is C10H22ClN3O2. The average Bonchev–Trinajstić information content (AvgIpc) is 2.16. The summed E-state index contributed by atoms with van der Waals surface area (Å²) < 4.78 is 5.57. The fraction of sp³-hybridized carbons (Fsp3) is 0.900. The number of ether oxygens (including phenoxy) is 1. The van der Waals surface area contributed by atoms with E-state index in [1.165, 1.54) is 0 Å². The van der Waals surface area contributed by atoms with E-state index >= 15 is 0 Å². The second-order valence-corrected chi connectivity index (χ2v) is 4.33. The first kappa shape index (κ1) is 15.6. The van der Waals surface area contributed by atoms with Crippen LogP contribution in [-0.2, 0) is 9.53 Å². The average molecular weight is 252 g/mol. The number of amides is 1. The van der Waals surface area contributed by atoms with E-state index in [9.17, 15) is 4.79 Å². The molecule has 1 fully saturated rings. The highest BCUT2D eigenvalue weighted by atomic mass is 35.5. The zero-order valence-electron chi connectivity index (χ0n) is 10.2. The number of likely N-dealkylation sites (N-methyl/N-ethyl adjacent to an activating group) is 1. The van der Waals surface area contributed by atoms with Gasteiger partial charge in [-0.05, 0) is 21.0 Å². The van der Waals surface area contributed by atoms with Gasteiger partial charge < -0.3 is 20.3 Å². The predicted molar refractivity (Wildman–Crippen MR) is 65.8 cm³/mol. The van der Waals surface area contributed by atoms with Crippen LogP contribution < -0.4 is 5.73 Å². The van der Waals surface area contributed by atoms with Gasteiger partial charge >= 0.3 is 0 Å². The maximum atomic E-state index is 11.7. The van der Waals surface area contributed by atoms with Gasteiger partial charge in [-0.3, -0.25) is 4.79 Å². The summed E-state index contributed by atoms with van der Waals surface area (Å²) in [4.78, 5) is 15.5. The Labute approximate surface area is 103 Å². The molecule has 96 valence electrons. The number of nitrogens with two attached hydrogens (primary N) is 1.